The van der Waals surface area contributed by atoms with E-state index in [0.29, 0.717) is 17.0 Å². The lowest BCUT2D eigenvalue weighted by Crippen LogP contribution is -2.21. The van der Waals surface area contributed by atoms with Crippen molar-refractivity contribution in [2.24, 2.45) is 0 Å². The monoisotopic (exact) mass is 393 g/mol. The Morgan fingerprint density at radius 3 is 2.52 bits per heavy atom. The van der Waals surface area contributed by atoms with E-state index in [9.17, 15) is 14.9 Å². The number of carbonyl (C=O) groups is 2. The number of nitrogens with one attached hydrogen (secondary N) is 1. The van der Waals surface area contributed by atoms with Gasteiger partial charge in [-0.25, -0.2) is 4.79 Å². The third-order valence-corrected chi connectivity index (χ3v) is 4.38. The van der Waals surface area contributed by atoms with E-state index < -0.39 is 11.9 Å². The second kappa shape index (κ2) is 9.95. The molecule has 0 radical (unpaired) electrons. The molecule has 29 heavy (non-hydrogen) atoms. The molecule has 150 valence electrons. The predicted molar refractivity (Wildman–Crippen MR) is 112 cm³/mol. The van der Waals surface area contributed by atoms with Crippen LogP contribution in [0.25, 0.3) is 6.08 Å². The molecule has 2 aromatic rings. The number of aromatic carboxylic acids is 1. The van der Waals surface area contributed by atoms with Crippen molar-refractivity contribution in [2.75, 3.05) is 30.4 Å². The van der Waals surface area contributed by atoms with E-state index >= 15 is 0 Å². The molecule has 0 saturated heterocycles. The van der Waals surface area contributed by atoms with Crippen LogP contribution >= 0.6 is 0 Å². The molecule has 0 unspecified atom stereocenters. The normalized spacial score (nSPS) is 10.8. The summed E-state index contributed by atoms with van der Waals surface area (Å²) in [5.74, 6) is -1.19. The molecule has 0 saturated carbocycles. The van der Waals surface area contributed by atoms with Gasteiger partial charge in [0.1, 0.15) is 17.4 Å². The van der Waals surface area contributed by atoms with Crippen molar-refractivity contribution >= 4 is 29.3 Å². The molecule has 0 heterocycles. The maximum Gasteiger partial charge on any atom is 0.335 e. The fourth-order valence-electron chi connectivity index (χ4n) is 2.84. The van der Waals surface area contributed by atoms with E-state index in [-0.39, 0.29) is 11.1 Å². The minimum atomic E-state index is -1.10. The fraction of sp³-hybridized carbons (Fsp3) is 0.227. The average molecular weight is 393 g/mol. The molecule has 0 atom stereocenters. The first kappa shape index (κ1) is 21.5. The number of ether oxygens (including phenoxy) is 1. The molecule has 0 spiro atoms. The second-order valence-corrected chi connectivity index (χ2v) is 6.11. The van der Waals surface area contributed by atoms with Gasteiger partial charge in [0.05, 0.1) is 12.7 Å². The van der Waals surface area contributed by atoms with E-state index in [2.05, 4.69) is 24.1 Å². The summed E-state index contributed by atoms with van der Waals surface area (Å²) < 4.78 is 5.43. The lowest BCUT2D eigenvalue weighted by molar-refractivity contribution is -0.112. The fourth-order valence-corrected chi connectivity index (χ4v) is 2.84. The number of carboxylic acid groups (broad SMARTS) is 1. The van der Waals surface area contributed by atoms with Gasteiger partial charge in [0.15, 0.2) is 0 Å². The number of hydrogen-bond donors (Lipinski definition) is 2. The van der Waals surface area contributed by atoms with Crippen molar-refractivity contribution in [1.29, 1.82) is 5.26 Å². The highest BCUT2D eigenvalue weighted by atomic mass is 16.5. The van der Waals surface area contributed by atoms with E-state index in [0.717, 1.165) is 18.8 Å². The number of amides is 1. The van der Waals surface area contributed by atoms with Crippen molar-refractivity contribution in [3.63, 3.8) is 0 Å². The van der Waals surface area contributed by atoms with Crippen molar-refractivity contribution in [1.82, 2.24) is 0 Å². The van der Waals surface area contributed by atoms with Crippen molar-refractivity contribution in [3.05, 3.63) is 59.2 Å². The lowest BCUT2D eigenvalue weighted by Gasteiger charge is -2.22. The Bertz CT molecular complexity index is 972. The minimum Gasteiger partial charge on any atom is -0.496 e. The highest BCUT2D eigenvalue weighted by Crippen LogP contribution is 2.27. The molecular weight excluding hydrogens is 370 g/mol. The zero-order valence-corrected chi connectivity index (χ0v) is 16.6. The van der Waals surface area contributed by atoms with Crippen LogP contribution in [0.1, 0.15) is 29.8 Å². The molecule has 0 aromatic heterocycles. The minimum absolute atomic E-state index is 0.0407. The van der Waals surface area contributed by atoms with Crippen LogP contribution in [0.5, 0.6) is 5.75 Å². The van der Waals surface area contributed by atoms with Crippen LogP contribution in [-0.4, -0.2) is 37.2 Å². The lowest BCUT2D eigenvalue weighted by atomic mass is 10.1. The second-order valence-electron chi connectivity index (χ2n) is 6.11. The molecule has 0 aliphatic carbocycles. The number of nitriles is 1. The first-order chi connectivity index (χ1) is 13.9. The number of hydrogen-bond acceptors (Lipinski definition) is 5. The predicted octanol–water partition coefficient (Wildman–Crippen LogP) is 3.79. The van der Waals surface area contributed by atoms with Crippen LogP contribution in [0.2, 0.25) is 0 Å². The molecule has 0 aliphatic heterocycles. The topological polar surface area (TPSA) is 103 Å². The molecular formula is C22H23N3O4. The molecule has 1 amide bonds. The summed E-state index contributed by atoms with van der Waals surface area (Å²) in [6.45, 7) is 5.80. The molecule has 0 aliphatic rings. The summed E-state index contributed by atoms with van der Waals surface area (Å²) in [7, 11) is 1.53. The van der Waals surface area contributed by atoms with Gasteiger partial charge in [-0.1, -0.05) is 6.07 Å². The van der Waals surface area contributed by atoms with Gasteiger partial charge in [0.2, 0.25) is 0 Å². The molecule has 2 aromatic carbocycles. The molecule has 0 fully saturated rings. The van der Waals surface area contributed by atoms with Crippen molar-refractivity contribution in [2.45, 2.75) is 13.8 Å². The summed E-state index contributed by atoms with van der Waals surface area (Å²) in [5.41, 5.74) is 1.78. The highest BCUT2D eigenvalue weighted by Gasteiger charge is 2.13. The summed E-state index contributed by atoms with van der Waals surface area (Å²) in [6, 6.07) is 13.3. The molecule has 2 rings (SSSR count). The first-order valence-electron chi connectivity index (χ1n) is 9.12. The van der Waals surface area contributed by atoms with Crippen molar-refractivity contribution < 1.29 is 19.4 Å². The number of nitrogens with zero attached hydrogens (tertiary/aromatic N) is 2. The maximum atomic E-state index is 12.5. The van der Waals surface area contributed by atoms with Gasteiger partial charge < -0.3 is 20.1 Å². The van der Waals surface area contributed by atoms with E-state index in [4.69, 9.17) is 9.84 Å². The summed E-state index contributed by atoms with van der Waals surface area (Å²) in [4.78, 5) is 25.7. The third kappa shape index (κ3) is 5.36. The molecule has 7 nitrogen and oxygen atoms in total. The molecule has 0 bridgehead atoms. The van der Waals surface area contributed by atoms with Gasteiger partial charge in [-0.05, 0) is 50.3 Å². The van der Waals surface area contributed by atoms with Gasteiger partial charge in [0.25, 0.3) is 5.91 Å². The highest BCUT2D eigenvalue weighted by molar-refractivity contribution is 6.10. The van der Waals surface area contributed by atoms with Gasteiger partial charge in [-0.3, -0.25) is 4.79 Å². The Balaban J connectivity index is 2.31. The first-order valence-corrected chi connectivity index (χ1v) is 9.12. The van der Waals surface area contributed by atoms with Crippen LogP contribution in [0.15, 0.2) is 48.0 Å². The smallest absolute Gasteiger partial charge is 0.335 e. The van der Waals surface area contributed by atoms with Gasteiger partial charge in [-0.15, -0.1) is 0 Å². The number of anilines is 2. The van der Waals surface area contributed by atoms with Crippen molar-refractivity contribution in [3.8, 4) is 11.8 Å². The third-order valence-electron chi connectivity index (χ3n) is 4.38. The van der Waals surface area contributed by atoms with Crippen LogP contribution in [0, 0.1) is 11.3 Å². The van der Waals surface area contributed by atoms with Crippen LogP contribution < -0.4 is 15.0 Å². The Morgan fingerprint density at radius 1 is 1.21 bits per heavy atom. The Kier molecular flexibility index (Phi) is 7.38. The van der Waals surface area contributed by atoms with E-state index in [1.54, 1.807) is 12.1 Å². The SMILES string of the molecule is CCN(CC)c1ccc(C=C(C#N)C(=O)Nc2cccc(C(=O)O)c2)c(OC)c1. The molecule has 7 heteroatoms. The Hall–Kier alpha value is -3.79. The zero-order chi connectivity index (χ0) is 21.4. The van der Waals surface area contributed by atoms with Gasteiger partial charge in [-0.2, -0.15) is 5.26 Å². The van der Waals surface area contributed by atoms with Crippen LogP contribution in [0.4, 0.5) is 11.4 Å². The summed E-state index contributed by atoms with van der Waals surface area (Å²) in [6.07, 6.45) is 1.45. The number of methoxy groups -OCH3 is 1. The number of carboxylic acids is 1. The quantitative estimate of drug-likeness (QED) is 0.523. The summed E-state index contributed by atoms with van der Waals surface area (Å²) in [5, 5.41) is 21.0. The van der Waals surface area contributed by atoms with Crippen LogP contribution in [0.3, 0.4) is 0 Å². The standard InChI is InChI=1S/C22H23N3O4/c1-4-25(5-2)19-10-9-15(20(13-19)29-3)11-17(14-23)21(26)24-18-8-6-7-16(12-18)22(27)28/h6-13H,4-5H2,1-3H3,(H,24,26)(H,27,28). The van der Waals surface area contributed by atoms with Gasteiger partial charge >= 0.3 is 5.97 Å². The largest absolute Gasteiger partial charge is 0.496 e. The van der Waals surface area contributed by atoms with E-state index in [1.807, 2.05) is 18.2 Å². The van der Waals surface area contributed by atoms with E-state index in [1.165, 1.54) is 31.4 Å². The Labute approximate surface area is 169 Å². The maximum absolute atomic E-state index is 12.5. The zero-order valence-electron chi connectivity index (χ0n) is 16.6. The Morgan fingerprint density at radius 2 is 1.93 bits per heavy atom. The number of benzene rings is 2. The summed E-state index contributed by atoms with van der Waals surface area (Å²) >= 11 is 0. The van der Waals surface area contributed by atoms with Gasteiger partial charge in [0, 0.05) is 36.1 Å². The number of carbonyl (C=O) groups excluding carboxylic acids is 1. The molecule has 2 N–H and O–H groups in total. The average Bonchev–Trinajstić information content (AvgIpc) is 2.73. The number of rotatable bonds is 8. The van der Waals surface area contributed by atoms with Crippen LogP contribution in [-0.2, 0) is 4.79 Å².